The van der Waals surface area contributed by atoms with Crippen LogP contribution < -0.4 is 10.5 Å². The Hall–Kier alpha value is -1.09. The monoisotopic (exact) mass is 222 g/mol. The van der Waals surface area contributed by atoms with Crippen LogP contribution in [0.4, 0.5) is 0 Å². The van der Waals surface area contributed by atoms with E-state index < -0.39 is 0 Å². The molecule has 0 aliphatic heterocycles. The summed E-state index contributed by atoms with van der Waals surface area (Å²) in [6, 6.07) is 3.83. The molecule has 1 atom stereocenters. The van der Waals surface area contributed by atoms with E-state index in [4.69, 9.17) is 10.5 Å². The Bertz CT molecular complexity index is 300. The van der Waals surface area contributed by atoms with Crippen LogP contribution in [-0.2, 0) is 0 Å². The zero-order valence-corrected chi connectivity index (χ0v) is 10.3. The van der Waals surface area contributed by atoms with Crippen molar-refractivity contribution in [3.63, 3.8) is 0 Å². The lowest BCUT2D eigenvalue weighted by Crippen LogP contribution is -2.09. The van der Waals surface area contributed by atoms with E-state index in [0.29, 0.717) is 5.88 Å². The molecule has 2 N–H and O–H groups in total. The zero-order valence-electron chi connectivity index (χ0n) is 10.3. The van der Waals surface area contributed by atoms with Gasteiger partial charge in [-0.15, -0.1) is 0 Å². The highest BCUT2D eigenvalue weighted by molar-refractivity contribution is 5.27. The maximum absolute atomic E-state index is 5.85. The Morgan fingerprint density at radius 1 is 1.38 bits per heavy atom. The molecule has 0 spiro atoms. The smallest absolute Gasteiger partial charge is 0.218 e. The summed E-state index contributed by atoms with van der Waals surface area (Å²) in [4.78, 5) is 4.22. The standard InChI is InChI=1S/C13H22N2O/c1-3-4-5-6-10-16-13-12(11(2)14)8-7-9-15-13/h7-9,11H,3-6,10,14H2,1-2H3. The zero-order chi connectivity index (χ0) is 11.8. The molecule has 0 aliphatic carbocycles. The Labute approximate surface area is 98.0 Å². The van der Waals surface area contributed by atoms with E-state index in [1.165, 1.54) is 19.3 Å². The summed E-state index contributed by atoms with van der Waals surface area (Å²) in [5.74, 6) is 0.689. The van der Waals surface area contributed by atoms with E-state index in [-0.39, 0.29) is 6.04 Å². The van der Waals surface area contributed by atoms with Gasteiger partial charge in [0.25, 0.3) is 0 Å². The van der Waals surface area contributed by atoms with Gasteiger partial charge in [0.05, 0.1) is 6.61 Å². The molecule has 1 unspecified atom stereocenters. The van der Waals surface area contributed by atoms with Crippen molar-refractivity contribution in [3.05, 3.63) is 23.9 Å². The Balaban J connectivity index is 2.41. The number of nitrogens with zero attached hydrogens (tertiary/aromatic N) is 1. The second-order valence-corrected chi connectivity index (χ2v) is 4.10. The first-order chi connectivity index (χ1) is 7.75. The molecule has 0 aromatic carbocycles. The molecular weight excluding hydrogens is 200 g/mol. The molecule has 0 amide bonds. The van der Waals surface area contributed by atoms with Crippen molar-refractivity contribution in [3.8, 4) is 5.88 Å². The average Bonchev–Trinajstić information content (AvgIpc) is 2.29. The predicted molar refractivity (Wildman–Crippen MR) is 66.5 cm³/mol. The molecule has 3 heteroatoms. The van der Waals surface area contributed by atoms with Gasteiger partial charge >= 0.3 is 0 Å². The fourth-order valence-corrected chi connectivity index (χ4v) is 1.57. The fourth-order valence-electron chi connectivity index (χ4n) is 1.57. The number of aromatic nitrogens is 1. The highest BCUT2D eigenvalue weighted by atomic mass is 16.5. The summed E-state index contributed by atoms with van der Waals surface area (Å²) < 4.78 is 5.65. The van der Waals surface area contributed by atoms with Crippen molar-refractivity contribution in [1.82, 2.24) is 4.98 Å². The van der Waals surface area contributed by atoms with Crippen molar-refractivity contribution >= 4 is 0 Å². The van der Waals surface area contributed by atoms with E-state index in [9.17, 15) is 0 Å². The van der Waals surface area contributed by atoms with Gasteiger partial charge in [-0.2, -0.15) is 0 Å². The van der Waals surface area contributed by atoms with Crippen LogP contribution in [0.25, 0.3) is 0 Å². The first-order valence-corrected chi connectivity index (χ1v) is 6.09. The number of pyridine rings is 1. The quantitative estimate of drug-likeness (QED) is 0.721. The van der Waals surface area contributed by atoms with Gasteiger partial charge in [0.1, 0.15) is 0 Å². The molecule has 0 radical (unpaired) electrons. The van der Waals surface area contributed by atoms with Crippen molar-refractivity contribution < 1.29 is 4.74 Å². The molecule has 0 saturated heterocycles. The molecule has 0 saturated carbocycles. The number of ether oxygens (including phenoxy) is 1. The van der Waals surface area contributed by atoms with Crippen LogP contribution in [0.3, 0.4) is 0 Å². The molecule has 0 fully saturated rings. The molecule has 1 heterocycles. The maximum atomic E-state index is 5.85. The molecule has 16 heavy (non-hydrogen) atoms. The molecule has 1 aromatic rings. The molecule has 3 nitrogen and oxygen atoms in total. The average molecular weight is 222 g/mol. The summed E-state index contributed by atoms with van der Waals surface area (Å²) in [7, 11) is 0. The Morgan fingerprint density at radius 2 is 2.19 bits per heavy atom. The SMILES string of the molecule is CCCCCCOc1ncccc1C(C)N. The van der Waals surface area contributed by atoms with Crippen molar-refractivity contribution in [1.29, 1.82) is 0 Å². The number of rotatable bonds is 7. The van der Waals surface area contributed by atoms with Crippen LogP contribution in [0.1, 0.15) is 51.1 Å². The van der Waals surface area contributed by atoms with Crippen LogP contribution in [0.5, 0.6) is 5.88 Å². The summed E-state index contributed by atoms with van der Waals surface area (Å²) >= 11 is 0. The second-order valence-electron chi connectivity index (χ2n) is 4.10. The predicted octanol–water partition coefficient (Wildman–Crippen LogP) is 3.06. The minimum Gasteiger partial charge on any atom is -0.477 e. The van der Waals surface area contributed by atoms with Gasteiger partial charge in [0.15, 0.2) is 0 Å². The Morgan fingerprint density at radius 3 is 2.88 bits per heavy atom. The van der Waals surface area contributed by atoms with Crippen LogP contribution in [-0.4, -0.2) is 11.6 Å². The summed E-state index contributed by atoms with van der Waals surface area (Å²) in [6.45, 7) is 4.88. The number of hydrogen-bond donors (Lipinski definition) is 1. The summed E-state index contributed by atoms with van der Waals surface area (Å²) in [5.41, 5.74) is 6.83. The first kappa shape index (κ1) is 13.0. The summed E-state index contributed by atoms with van der Waals surface area (Å²) in [6.07, 6.45) is 6.56. The van der Waals surface area contributed by atoms with Gasteiger partial charge < -0.3 is 10.5 Å². The van der Waals surface area contributed by atoms with E-state index >= 15 is 0 Å². The largest absolute Gasteiger partial charge is 0.477 e. The lowest BCUT2D eigenvalue weighted by atomic mass is 10.1. The van der Waals surface area contributed by atoms with Gasteiger partial charge in [-0.3, -0.25) is 0 Å². The fraction of sp³-hybridized carbons (Fsp3) is 0.615. The topological polar surface area (TPSA) is 48.1 Å². The molecule has 0 bridgehead atoms. The third-order valence-electron chi connectivity index (χ3n) is 2.53. The van der Waals surface area contributed by atoms with Crippen LogP contribution >= 0.6 is 0 Å². The number of nitrogens with two attached hydrogens (primary N) is 1. The van der Waals surface area contributed by atoms with E-state index in [1.54, 1.807) is 6.20 Å². The van der Waals surface area contributed by atoms with E-state index in [1.807, 2.05) is 19.1 Å². The van der Waals surface area contributed by atoms with Gasteiger partial charge in [-0.1, -0.05) is 32.3 Å². The lowest BCUT2D eigenvalue weighted by Gasteiger charge is -2.12. The first-order valence-electron chi connectivity index (χ1n) is 6.09. The van der Waals surface area contributed by atoms with E-state index in [0.717, 1.165) is 18.6 Å². The highest BCUT2D eigenvalue weighted by Gasteiger charge is 2.07. The molecule has 1 rings (SSSR count). The molecule has 90 valence electrons. The van der Waals surface area contributed by atoms with Crippen molar-refractivity contribution in [2.75, 3.05) is 6.61 Å². The highest BCUT2D eigenvalue weighted by Crippen LogP contribution is 2.20. The Kier molecular flexibility index (Phi) is 5.86. The van der Waals surface area contributed by atoms with Crippen molar-refractivity contribution in [2.45, 2.75) is 45.6 Å². The van der Waals surface area contributed by atoms with Gasteiger partial charge in [-0.25, -0.2) is 4.98 Å². The number of unbranched alkanes of at least 4 members (excludes halogenated alkanes) is 3. The van der Waals surface area contributed by atoms with Crippen molar-refractivity contribution in [2.24, 2.45) is 5.73 Å². The lowest BCUT2D eigenvalue weighted by molar-refractivity contribution is 0.289. The maximum Gasteiger partial charge on any atom is 0.218 e. The third kappa shape index (κ3) is 4.19. The summed E-state index contributed by atoms with van der Waals surface area (Å²) in [5, 5.41) is 0. The van der Waals surface area contributed by atoms with Crippen LogP contribution in [0, 0.1) is 0 Å². The van der Waals surface area contributed by atoms with Gasteiger partial charge in [0.2, 0.25) is 5.88 Å². The van der Waals surface area contributed by atoms with Crippen LogP contribution in [0.2, 0.25) is 0 Å². The third-order valence-corrected chi connectivity index (χ3v) is 2.53. The number of hydrogen-bond acceptors (Lipinski definition) is 3. The van der Waals surface area contributed by atoms with E-state index in [2.05, 4.69) is 11.9 Å². The molecule has 1 aromatic heterocycles. The molecule has 0 aliphatic rings. The minimum atomic E-state index is -0.0284. The van der Waals surface area contributed by atoms with Gasteiger partial charge in [0, 0.05) is 17.8 Å². The normalized spacial score (nSPS) is 12.4. The second kappa shape index (κ2) is 7.23. The van der Waals surface area contributed by atoms with Crippen LogP contribution in [0.15, 0.2) is 18.3 Å². The molecular formula is C13H22N2O. The van der Waals surface area contributed by atoms with Gasteiger partial charge in [-0.05, 0) is 19.4 Å². The minimum absolute atomic E-state index is 0.0284.